The van der Waals surface area contributed by atoms with Crippen molar-refractivity contribution in [2.24, 2.45) is 0 Å². The lowest BCUT2D eigenvalue weighted by Gasteiger charge is -2.08. The van der Waals surface area contributed by atoms with Crippen molar-refractivity contribution >= 4 is 40.9 Å². The molecule has 0 radical (unpaired) electrons. The van der Waals surface area contributed by atoms with Crippen molar-refractivity contribution in [1.82, 2.24) is 5.32 Å². The first-order valence-electron chi connectivity index (χ1n) is 7.24. The number of hydrogen-bond acceptors (Lipinski definition) is 6. The topological polar surface area (TPSA) is 128 Å². The number of rotatable bonds is 5. The van der Waals surface area contributed by atoms with Crippen LogP contribution in [0.15, 0.2) is 42.5 Å². The van der Waals surface area contributed by atoms with E-state index in [0.29, 0.717) is 0 Å². The first-order chi connectivity index (χ1) is 12.8. The number of amides is 3. The molecule has 0 atom stereocenters. The van der Waals surface area contributed by atoms with E-state index < -0.39 is 35.3 Å². The smallest absolute Gasteiger partial charge is 0.340 e. The fraction of sp³-hybridized carbons (Fsp3) is 0.0625. The van der Waals surface area contributed by atoms with Crippen molar-refractivity contribution in [2.45, 2.75) is 0 Å². The van der Waals surface area contributed by atoms with Crippen LogP contribution in [-0.4, -0.2) is 29.4 Å². The summed E-state index contributed by atoms with van der Waals surface area (Å²) in [6.45, 7) is -0.823. The van der Waals surface area contributed by atoms with Gasteiger partial charge in [0.25, 0.3) is 11.6 Å². The van der Waals surface area contributed by atoms with Gasteiger partial charge in [-0.1, -0.05) is 23.7 Å². The minimum absolute atomic E-state index is 0.141. The van der Waals surface area contributed by atoms with Crippen LogP contribution < -0.4 is 10.6 Å². The second-order valence-electron chi connectivity index (χ2n) is 4.98. The van der Waals surface area contributed by atoms with Gasteiger partial charge >= 0.3 is 12.0 Å². The maximum Gasteiger partial charge on any atom is 0.340 e. The van der Waals surface area contributed by atoms with Crippen LogP contribution in [0.5, 0.6) is 0 Å². The molecule has 2 N–H and O–H groups in total. The summed E-state index contributed by atoms with van der Waals surface area (Å²) < 4.78 is 18.1. The largest absolute Gasteiger partial charge is 0.452 e. The number of urea groups is 1. The third kappa shape index (κ3) is 5.47. The van der Waals surface area contributed by atoms with Crippen LogP contribution in [0.25, 0.3) is 0 Å². The van der Waals surface area contributed by atoms with E-state index in [-0.39, 0.29) is 22.0 Å². The molecule has 0 fully saturated rings. The third-order valence-electron chi connectivity index (χ3n) is 3.09. The minimum atomic E-state index is -1.02. The Balaban J connectivity index is 1.88. The summed E-state index contributed by atoms with van der Waals surface area (Å²) in [6, 6.07) is 7.37. The second kappa shape index (κ2) is 8.72. The zero-order chi connectivity index (χ0) is 20.0. The van der Waals surface area contributed by atoms with Crippen molar-refractivity contribution in [3.8, 4) is 0 Å². The Bertz CT molecular complexity index is 921. The third-order valence-corrected chi connectivity index (χ3v) is 3.41. The van der Waals surface area contributed by atoms with Crippen LogP contribution in [0.3, 0.4) is 0 Å². The van der Waals surface area contributed by atoms with E-state index >= 15 is 0 Å². The lowest BCUT2D eigenvalue weighted by molar-refractivity contribution is -0.384. The molecule has 0 saturated heterocycles. The Morgan fingerprint density at radius 3 is 2.52 bits per heavy atom. The van der Waals surface area contributed by atoms with Gasteiger partial charge in [-0.3, -0.25) is 20.2 Å². The number of benzene rings is 2. The fourth-order valence-corrected chi connectivity index (χ4v) is 2.12. The van der Waals surface area contributed by atoms with Crippen molar-refractivity contribution in [2.75, 3.05) is 11.9 Å². The molecule has 3 amide bonds. The standard InChI is InChI=1S/C16H11ClFN3O6/c17-11-7-9(21(25)26)5-6-10(11)15(23)27-8-14(22)20-16(24)19-13-4-2-1-3-12(13)18/h1-7H,8H2,(H2,19,20,22,24). The summed E-state index contributed by atoms with van der Waals surface area (Å²) in [7, 11) is 0. The van der Waals surface area contributed by atoms with Gasteiger partial charge < -0.3 is 10.1 Å². The van der Waals surface area contributed by atoms with Crippen LogP contribution in [0, 0.1) is 15.9 Å². The summed E-state index contributed by atoms with van der Waals surface area (Å²) >= 11 is 5.77. The highest BCUT2D eigenvalue weighted by atomic mass is 35.5. The van der Waals surface area contributed by atoms with Gasteiger partial charge in [-0.25, -0.2) is 14.0 Å². The zero-order valence-corrected chi connectivity index (χ0v) is 14.2. The number of para-hydroxylation sites is 1. The number of carbonyl (C=O) groups is 3. The van der Waals surface area contributed by atoms with E-state index in [9.17, 15) is 28.9 Å². The Morgan fingerprint density at radius 1 is 1.19 bits per heavy atom. The highest BCUT2D eigenvalue weighted by molar-refractivity contribution is 6.33. The molecule has 0 unspecified atom stereocenters. The van der Waals surface area contributed by atoms with Gasteiger partial charge in [0.05, 0.1) is 21.2 Å². The highest BCUT2D eigenvalue weighted by Gasteiger charge is 2.18. The predicted molar refractivity (Wildman–Crippen MR) is 92.0 cm³/mol. The molecule has 0 spiro atoms. The van der Waals surface area contributed by atoms with Gasteiger partial charge in [-0.05, 0) is 18.2 Å². The molecule has 0 saturated carbocycles. The average Bonchev–Trinajstić information content (AvgIpc) is 2.61. The molecular formula is C16H11ClFN3O6. The average molecular weight is 396 g/mol. The summed E-state index contributed by atoms with van der Waals surface area (Å²) in [5.41, 5.74) is -0.651. The van der Waals surface area contributed by atoms with E-state index in [1.54, 1.807) is 0 Å². The maximum absolute atomic E-state index is 13.4. The number of imide groups is 1. The molecule has 2 rings (SSSR count). The molecule has 11 heteroatoms. The lowest BCUT2D eigenvalue weighted by Crippen LogP contribution is -2.37. The van der Waals surface area contributed by atoms with E-state index in [1.165, 1.54) is 18.2 Å². The SMILES string of the molecule is O=C(COC(=O)c1ccc([N+](=O)[O-])cc1Cl)NC(=O)Nc1ccccc1F. The molecule has 140 valence electrons. The number of ether oxygens (including phenoxy) is 1. The van der Waals surface area contributed by atoms with Crippen LogP contribution in [0.1, 0.15) is 10.4 Å². The van der Waals surface area contributed by atoms with Crippen LogP contribution in [0.2, 0.25) is 5.02 Å². The monoisotopic (exact) mass is 395 g/mol. The zero-order valence-electron chi connectivity index (χ0n) is 13.4. The Kier molecular flexibility index (Phi) is 6.39. The Hall–Kier alpha value is -3.53. The van der Waals surface area contributed by atoms with Crippen molar-refractivity contribution in [3.05, 3.63) is 69.0 Å². The van der Waals surface area contributed by atoms with E-state index in [2.05, 4.69) is 10.1 Å². The fourth-order valence-electron chi connectivity index (χ4n) is 1.87. The predicted octanol–water partition coefficient (Wildman–Crippen LogP) is 2.89. The molecule has 2 aromatic carbocycles. The number of carbonyl (C=O) groups excluding carboxylic acids is 3. The summed E-state index contributed by atoms with van der Waals surface area (Å²) in [5.74, 6) is -2.69. The highest BCUT2D eigenvalue weighted by Crippen LogP contribution is 2.23. The van der Waals surface area contributed by atoms with E-state index in [1.807, 2.05) is 5.32 Å². The molecule has 0 aromatic heterocycles. The number of nitrogens with one attached hydrogen (secondary N) is 2. The van der Waals surface area contributed by atoms with Gasteiger partial charge in [-0.15, -0.1) is 0 Å². The van der Waals surface area contributed by atoms with Crippen LogP contribution in [-0.2, 0) is 9.53 Å². The second-order valence-corrected chi connectivity index (χ2v) is 5.39. The number of halogens is 2. The molecular weight excluding hydrogens is 385 g/mol. The Labute approximate surface area is 156 Å². The van der Waals surface area contributed by atoms with Gasteiger partial charge in [0.15, 0.2) is 6.61 Å². The molecule has 0 aliphatic carbocycles. The van der Waals surface area contributed by atoms with Crippen LogP contribution >= 0.6 is 11.6 Å². The number of anilines is 1. The van der Waals surface area contributed by atoms with Gasteiger partial charge in [0.2, 0.25) is 0 Å². The van der Waals surface area contributed by atoms with Crippen LogP contribution in [0.4, 0.5) is 20.6 Å². The first-order valence-corrected chi connectivity index (χ1v) is 7.62. The normalized spacial score (nSPS) is 10.0. The van der Waals surface area contributed by atoms with E-state index in [0.717, 1.165) is 24.3 Å². The Morgan fingerprint density at radius 2 is 1.89 bits per heavy atom. The van der Waals surface area contributed by atoms with Crippen molar-refractivity contribution in [1.29, 1.82) is 0 Å². The maximum atomic E-state index is 13.4. The molecule has 0 aliphatic rings. The molecule has 0 aliphatic heterocycles. The first kappa shape index (κ1) is 19.8. The number of esters is 1. The van der Waals surface area contributed by atoms with Gasteiger partial charge in [0.1, 0.15) is 5.82 Å². The quantitative estimate of drug-likeness (QED) is 0.455. The molecule has 27 heavy (non-hydrogen) atoms. The number of nitro benzene ring substituents is 1. The summed E-state index contributed by atoms with van der Waals surface area (Å²) in [6.07, 6.45) is 0. The number of hydrogen-bond donors (Lipinski definition) is 2. The van der Waals surface area contributed by atoms with E-state index in [4.69, 9.17) is 11.6 Å². The number of nitrogens with zero attached hydrogens (tertiary/aromatic N) is 1. The molecule has 0 heterocycles. The van der Waals surface area contributed by atoms with Gasteiger partial charge in [0, 0.05) is 12.1 Å². The minimum Gasteiger partial charge on any atom is -0.452 e. The van der Waals surface area contributed by atoms with Gasteiger partial charge in [-0.2, -0.15) is 0 Å². The number of nitro groups is 1. The summed E-state index contributed by atoms with van der Waals surface area (Å²) in [5, 5.41) is 14.4. The lowest BCUT2D eigenvalue weighted by atomic mass is 10.2. The van der Waals surface area contributed by atoms with Crippen molar-refractivity contribution in [3.63, 3.8) is 0 Å². The van der Waals surface area contributed by atoms with Crippen molar-refractivity contribution < 1.29 is 28.4 Å². The molecule has 0 bridgehead atoms. The summed E-state index contributed by atoms with van der Waals surface area (Å²) in [4.78, 5) is 45.0. The molecule has 9 nitrogen and oxygen atoms in total. The number of non-ortho nitro benzene ring substituents is 1. The molecule has 2 aromatic rings.